The molecular formula is C12H15N5O2. The van der Waals surface area contributed by atoms with Crippen molar-refractivity contribution >= 4 is 11.5 Å². The molecule has 0 saturated heterocycles. The summed E-state index contributed by atoms with van der Waals surface area (Å²) in [6.45, 7) is 2.75. The van der Waals surface area contributed by atoms with Crippen molar-refractivity contribution in [2.45, 2.75) is 19.8 Å². The third-order valence-corrected chi connectivity index (χ3v) is 2.82. The van der Waals surface area contributed by atoms with Crippen LogP contribution in [0.25, 0.3) is 0 Å². The predicted molar refractivity (Wildman–Crippen MR) is 71.0 cm³/mol. The van der Waals surface area contributed by atoms with Gasteiger partial charge in [-0.15, -0.1) is 0 Å². The second kappa shape index (κ2) is 5.94. The number of nitro groups is 1. The largest absolute Gasteiger partial charge is 0.370 e. The third kappa shape index (κ3) is 3.51. The minimum atomic E-state index is -0.460. The van der Waals surface area contributed by atoms with Crippen LogP contribution in [0.1, 0.15) is 17.7 Å². The number of aromatic amines is 1. The summed E-state index contributed by atoms with van der Waals surface area (Å²) in [5, 5.41) is 20.5. The van der Waals surface area contributed by atoms with Gasteiger partial charge in [0.25, 0.3) is 5.69 Å². The number of pyridine rings is 1. The molecule has 0 fully saturated rings. The minimum Gasteiger partial charge on any atom is -0.370 e. The summed E-state index contributed by atoms with van der Waals surface area (Å²) in [6.07, 6.45) is 4.96. The van der Waals surface area contributed by atoms with Crippen molar-refractivity contribution in [2.24, 2.45) is 0 Å². The number of hydrogen-bond acceptors (Lipinski definition) is 5. The van der Waals surface area contributed by atoms with E-state index in [0.717, 1.165) is 25.1 Å². The molecule has 0 unspecified atom stereocenters. The quantitative estimate of drug-likeness (QED) is 0.471. The van der Waals surface area contributed by atoms with Crippen molar-refractivity contribution in [3.8, 4) is 0 Å². The van der Waals surface area contributed by atoms with E-state index in [2.05, 4.69) is 20.5 Å². The van der Waals surface area contributed by atoms with E-state index < -0.39 is 4.92 Å². The first kappa shape index (κ1) is 13.0. The fraction of sp³-hybridized carbons (Fsp3) is 0.333. The molecule has 0 aromatic carbocycles. The van der Waals surface area contributed by atoms with Gasteiger partial charge in [0.15, 0.2) is 0 Å². The van der Waals surface area contributed by atoms with Crippen LogP contribution in [0.15, 0.2) is 24.5 Å². The van der Waals surface area contributed by atoms with Crippen molar-refractivity contribution in [3.05, 3.63) is 45.9 Å². The fourth-order valence-electron chi connectivity index (χ4n) is 1.72. The molecule has 0 spiro atoms. The second-order valence-electron chi connectivity index (χ2n) is 4.21. The molecule has 0 atom stereocenters. The van der Waals surface area contributed by atoms with Crippen LogP contribution in [0, 0.1) is 17.0 Å². The van der Waals surface area contributed by atoms with Crippen LogP contribution in [0.5, 0.6) is 0 Å². The lowest BCUT2D eigenvalue weighted by molar-refractivity contribution is -0.385. The maximum absolute atomic E-state index is 10.5. The van der Waals surface area contributed by atoms with Crippen LogP contribution in [-0.4, -0.2) is 26.6 Å². The maximum Gasteiger partial charge on any atom is 0.287 e. The molecule has 0 amide bonds. The molecule has 100 valence electrons. The number of rotatable bonds is 6. The monoisotopic (exact) mass is 261 g/mol. The van der Waals surface area contributed by atoms with Gasteiger partial charge in [-0.3, -0.25) is 15.2 Å². The Morgan fingerprint density at radius 2 is 2.26 bits per heavy atom. The molecule has 0 aliphatic heterocycles. The van der Waals surface area contributed by atoms with Crippen LogP contribution < -0.4 is 5.32 Å². The fourth-order valence-corrected chi connectivity index (χ4v) is 1.72. The SMILES string of the molecule is Cc1[nH]ncc1CCCNc1ccc([N+](=O)[O-])cn1. The minimum absolute atomic E-state index is 0.000396. The van der Waals surface area contributed by atoms with Crippen LogP contribution in [0.2, 0.25) is 0 Å². The number of nitrogens with zero attached hydrogens (tertiary/aromatic N) is 3. The Bertz CT molecular complexity index is 550. The van der Waals surface area contributed by atoms with Gasteiger partial charge in [0.1, 0.15) is 12.0 Å². The number of H-pyrrole nitrogens is 1. The normalized spacial score (nSPS) is 10.4. The predicted octanol–water partition coefficient (Wildman–Crippen LogP) is 2.07. The lowest BCUT2D eigenvalue weighted by Gasteiger charge is -2.04. The Morgan fingerprint density at radius 1 is 1.42 bits per heavy atom. The van der Waals surface area contributed by atoms with Gasteiger partial charge in [0, 0.05) is 18.3 Å². The first-order valence-electron chi connectivity index (χ1n) is 6.00. The summed E-state index contributed by atoms with van der Waals surface area (Å²) in [7, 11) is 0. The third-order valence-electron chi connectivity index (χ3n) is 2.82. The molecule has 0 aliphatic rings. The van der Waals surface area contributed by atoms with E-state index in [-0.39, 0.29) is 5.69 Å². The van der Waals surface area contributed by atoms with Gasteiger partial charge < -0.3 is 5.32 Å². The van der Waals surface area contributed by atoms with Crippen molar-refractivity contribution in [3.63, 3.8) is 0 Å². The summed E-state index contributed by atoms with van der Waals surface area (Å²) in [6, 6.07) is 3.05. The molecule has 19 heavy (non-hydrogen) atoms. The summed E-state index contributed by atoms with van der Waals surface area (Å²) < 4.78 is 0. The Kier molecular flexibility index (Phi) is 4.07. The van der Waals surface area contributed by atoms with E-state index in [9.17, 15) is 10.1 Å². The Balaban J connectivity index is 1.76. The maximum atomic E-state index is 10.5. The molecule has 2 rings (SSSR count). The van der Waals surface area contributed by atoms with E-state index in [0.29, 0.717) is 5.82 Å². The standard InChI is InChI=1S/C12H15N5O2/c1-9-10(7-15-16-9)3-2-6-13-12-5-4-11(8-14-12)17(18)19/h4-5,7-8H,2-3,6H2,1H3,(H,13,14)(H,15,16). The molecular weight excluding hydrogens is 246 g/mol. The molecule has 2 aromatic rings. The lowest BCUT2D eigenvalue weighted by Crippen LogP contribution is -2.04. The molecule has 0 radical (unpaired) electrons. The molecule has 0 aliphatic carbocycles. The van der Waals surface area contributed by atoms with Crippen LogP contribution >= 0.6 is 0 Å². The van der Waals surface area contributed by atoms with Crippen molar-refractivity contribution in [1.29, 1.82) is 0 Å². The molecule has 7 nitrogen and oxygen atoms in total. The highest BCUT2D eigenvalue weighted by Gasteiger charge is 2.05. The highest BCUT2D eigenvalue weighted by molar-refractivity contribution is 5.39. The van der Waals surface area contributed by atoms with E-state index >= 15 is 0 Å². The molecule has 2 N–H and O–H groups in total. The van der Waals surface area contributed by atoms with E-state index in [4.69, 9.17) is 0 Å². The Labute approximate surface area is 110 Å². The average Bonchev–Trinajstić information content (AvgIpc) is 2.81. The van der Waals surface area contributed by atoms with E-state index in [1.54, 1.807) is 6.07 Å². The zero-order valence-corrected chi connectivity index (χ0v) is 10.6. The molecule has 0 saturated carbocycles. The lowest BCUT2D eigenvalue weighted by atomic mass is 10.1. The molecule has 0 bridgehead atoms. The Morgan fingerprint density at radius 3 is 2.84 bits per heavy atom. The van der Waals surface area contributed by atoms with Gasteiger partial charge in [-0.25, -0.2) is 4.98 Å². The van der Waals surface area contributed by atoms with Crippen molar-refractivity contribution in [1.82, 2.24) is 15.2 Å². The van der Waals surface area contributed by atoms with Gasteiger partial charge in [-0.05, 0) is 31.4 Å². The second-order valence-corrected chi connectivity index (χ2v) is 4.21. The van der Waals surface area contributed by atoms with Crippen molar-refractivity contribution in [2.75, 3.05) is 11.9 Å². The first-order chi connectivity index (χ1) is 9.16. The zero-order valence-electron chi connectivity index (χ0n) is 10.6. The number of nitrogens with one attached hydrogen (secondary N) is 2. The topological polar surface area (TPSA) is 96.7 Å². The van der Waals surface area contributed by atoms with Gasteiger partial charge in [0.2, 0.25) is 0 Å². The smallest absolute Gasteiger partial charge is 0.287 e. The number of hydrogen-bond donors (Lipinski definition) is 2. The van der Waals surface area contributed by atoms with E-state index in [1.807, 2.05) is 13.1 Å². The van der Waals surface area contributed by atoms with Gasteiger partial charge in [-0.2, -0.15) is 5.10 Å². The van der Waals surface area contributed by atoms with Crippen LogP contribution in [0.4, 0.5) is 11.5 Å². The van der Waals surface area contributed by atoms with Gasteiger partial charge in [0.05, 0.1) is 11.1 Å². The summed E-state index contributed by atoms with van der Waals surface area (Å²) in [5.74, 6) is 0.648. The summed E-state index contributed by atoms with van der Waals surface area (Å²) in [4.78, 5) is 14.0. The molecule has 2 heterocycles. The highest BCUT2D eigenvalue weighted by atomic mass is 16.6. The van der Waals surface area contributed by atoms with Gasteiger partial charge >= 0.3 is 0 Å². The van der Waals surface area contributed by atoms with Crippen LogP contribution in [-0.2, 0) is 6.42 Å². The zero-order chi connectivity index (χ0) is 13.7. The number of aryl methyl sites for hydroxylation is 2. The first-order valence-corrected chi connectivity index (χ1v) is 6.00. The number of aromatic nitrogens is 3. The summed E-state index contributed by atoms with van der Waals surface area (Å²) in [5.41, 5.74) is 2.30. The van der Waals surface area contributed by atoms with Crippen LogP contribution in [0.3, 0.4) is 0 Å². The number of anilines is 1. The van der Waals surface area contributed by atoms with Crippen molar-refractivity contribution < 1.29 is 4.92 Å². The molecule has 2 aromatic heterocycles. The Hall–Kier alpha value is -2.44. The average molecular weight is 261 g/mol. The molecule has 7 heteroatoms. The van der Waals surface area contributed by atoms with E-state index in [1.165, 1.54) is 17.8 Å². The summed E-state index contributed by atoms with van der Waals surface area (Å²) >= 11 is 0. The highest BCUT2D eigenvalue weighted by Crippen LogP contribution is 2.12. The van der Waals surface area contributed by atoms with Gasteiger partial charge in [-0.1, -0.05) is 0 Å².